The first-order chi connectivity index (χ1) is 7.51. The summed E-state index contributed by atoms with van der Waals surface area (Å²) < 4.78 is 0. The molecule has 5 heteroatoms. The number of carbonyl (C=O) groups is 1. The van der Waals surface area contributed by atoms with Gasteiger partial charge in [-0.15, -0.1) is 0 Å². The van der Waals surface area contributed by atoms with Gasteiger partial charge in [0.15, 0.2) is 5.13 Å². The number of amides is 1. The lowest BCUT2D eigenvalue weighted by Gasteiger charge is -2.25. The SMILES string of the molecule is CCC(CC)N(C)C(=O)c1sc(N)nc1C. The third kappa shape index (κ3) is 2.52. The van der Waals surface area contributed by atoms with Crippen LogP contribution in [0.2, 0.25) is 0 Å². The molecule has 1 aromatic heterocycles. The minimum atomic E-state index is 0.0281. The van der Waals surface area contributed by atoms with E-state index in [-0.39, 0.29) is 11.9 Å². The van der Waals surface area contributed by atoms with Gasteiger partial charge in [-0.3, -0.25) is 4.79 Å². The average molecular weight is 241 g/mol. The molecule has 0 aliphatic carbocycles. The Hall–Kier alpha value is -1.10. The number of thiazole rings is 1. The molecule has 0 atom stereocenters. The van der Waals surface area contributed by atoms with Crippen LogP contribution in [0.3, 0.4) is 0 Å². The van der Waals surface area contributed by atoms with E-state index in [2.05, 4.69) is 18.8 Å². The maximum atomic E-state index is 12.2. The molecule has 0 aliphatic heterocycles. The third-order valence-electron chi connectivity index (χ3n) is 2.82. The zero-order valence-corrected chi connectivity index (χ0v) is 11.1. The van der Waals surface area contributed by atoms with Gasteiger partial charge in [0.1, 0.15) is 4.88 Å². The van der Waals surface area contributed by atoms with E-state index >= 15 is 0 Å². The van der Waals surface area contributed by atoms with E-state index in [4.69, 9.17) is 5.73 Å². The molecule has 0 aromatic carbocycles. The number of nitrogens with two attached hydrogens (primary N) is 1. The number of nitrogens with zero attached hydrogens (tertiary/aromatic N) is 2. The molecule has 4 nitrogen and oxygen atoms in total. The number of nitrogen functional groups attached to an aromatic ring is 1. The highest BCUT2D eigenvalue weighted by atomic mass is 32.1. The number of carbonyl (C=O) groups excluding carboxylic acids is 1. The van der Waals surface area contributed by atoms with Crippen molar-refractivity contribution in [2.24, 2.45) is 0 Å². The summed E-state index contributed by atoms with van der Waals surface area (Å²) in [7, 11) is 1.84. The van der Waals surface area contributed by atoms with Crippen molar-refractivity contribution in [2.45, 2.75) is 39.7 Å². The lowest BCUT2D eigenvalue weighted by Crippen LogP contribution is -2.36. The number of aryl methyl sites for hydroxylation is 1. The van der Waals surface area contributed by atoms with Crippen molar-refractivity contribution in [3.8, 4) is 0 Å². The molecule has 1 aromatic rings. The lowest BCUT2D eigenvalue weighted by molar-refractivity contribution is 0.0727. The highest BCUT2D eigenvalue weighted by Gasteiger charge is 2.22. The molecule has 1 amide bonds. The summed E-state index contributed by atoms with van der Waals surface area (Å²) in [6.07, 6.45) is 1.93. The Bertz CT molecular complexity index is 371. The summed E-state index contributed by atoms with van der Waals surface area (Å²) in [4.78, 5) is 18.7. The molecule has 2 N–H and O–H groups in total. The Morgan fingerprint density at radius 3 is 2.44 bits per heavy atom. The number of hydrogen-bond donors (Lipinski definition) is 1. The van der Waals surface area contributed by atoms with E-state index in [0.29, 0.717) is 10.0 Å². The van der Waals surface area contributed by atoms with Crippen LogP contribution in [0.25, 0.3) is 0 Å². The van der Waals surface area contributed by atoms with Gasteiger partial charge in [0, 0.05) is 13.1 Å². The van der Waals surface area contributed by atoms with Crippen molar-refractivity contribution in [1.82, 2.24) is 9.88 Å². The summed E-state index contributed by atoms with van der Waals surface area (Å²) >= 11 is 1.26. The first-order valence-electron chi connectivity index (χ1n) is 5.51. The van der Waals surface area contributed by atoms with E-state index in [1.807, 2.05) is 14.0 Å². The first-order valence-corrected chi connectivity index (χ1v) is 6.32. The van der Waals surface area contributed by atoms with Crippen molar-refractivity contribution in [2.75, 3.05) is 12.8 Å². The van der Waals surface area contributed by atoms with E-state index < -0.39 is 0 Å². The number of rotatable bonds is 4. The smallest absolute Gasteiger partial charge is 0.265 e. The molecule has 16 heavy (non-hydrogen) atoms. The zero-order valence-electron chi connectivity index (χ0n) is 10.3. The molecular formula is C11H19N3OS. The second-order valence-electron chi connectivity index (χ2n) is 3.85. The average Bonchev–Trinajstić information content (AvgIpc) is 2.58. The fourth-order valence-electron chi connectivity index (χ4n) is 1.78. The van der Waals surface area contributed by atoms with Crippen LogP contribution in [0, 0.1) is 6.92 Å². The van der Waals surface area contributed by atoms with Gasteiger partial charge in [-0.2, -0.15) is 0 Å². The second-order valence-corrected chi connectivity index (χ2v) is 4.88. The van der Waals surface area contributed by atoms with E-state index in [1.165, 1.54) is 11.3 Å². The molecule has 0 aliphatic rings. The van der Waals surface area contributed by atoms with Crippen molar-refractivity contribution < 1.29 is 4.79 Å². The quantitative estimate of drug-likeness (QED) is 0.880. The van der Waals surface area contributed by atoms with Crippen LogP contribution in [0.5, 0.6) is 0 Å². The molecule has 1 heterocycles. The number of anilines is 1. The van der Waals surface area contributed by atoms with Crippen LogP contribution in [0.15, 0.2) is 0 Å². The van der Waals surface area contributed by atoms with Crippen LogP contribution >= 0.6 is 11.3 Å². The molecule has 0 saturated carbocycles. The van der Waals surface area contributed by atoms with Gasteiger partial charge in [0.25, 0.3) is 5.91 Å². The van der Waals surface area contributed by atoms with Crippen LogP contribution in [-0.2, 0) is 0 Å². The molecular weight excluding hydrogens is 222 g/mol. The predicted octanol–water partition coefficient (Wildman–Crippen LogP) is 2.29. The molecule has 1 rings (SSSR count). The first kappa shape index (κ1) is 13.0. The van der Waals surface area contributed by atoms with E-state index in [0.717, 1.165) is 18.5 Å². The zero-order chi connectivity index (χ0) is 12.3. The highest BCUT2D eigenvalue weighted by Crippen LogP contribution is 2.22. The maximum Gasteiger partial charge on any atom is 0.265 e. The van der Waals surface area contributed by atoms with Gasteiger partial charge in [-0.1, -0.05) is 25.2 Å². The number of hydrogen-bond acceptors (Lipinski definition) is 4. The van der Waals surface area contributed by atoms with Gasteiger partial charge < -0.3 is 10.6 Å². The Balaban J connectivity index is 2.89. The highest BCUT2D eigenvalue weighted by molar-refractivity contribution is 7.17. The molecule has 0 unspecified atom stereocenters. The summed E-state index contributed by atoms with van der Waals surface area (Å²) in [5.74, 6) is 0.0281. The minimum absolute atomic E-state index is 0.0281. The summed E-state index contributed by atoms with van der Waals surface area (Å²) in [6.45, 7) is 6.00. The van der Waals surface area contributed by atoms with Gasteiger partial charge in [-0.05, 0) is 19.8 Å². The Kier molecular flexibility index (Phi) is 4.29. The minimum Gasteiger partial charge on any atom is -0.375 e. The number of aromatic nitrogens is 1. The van der Waals surface area contributed by atoms with E-state index in [1.54, 1.807) is 4.90 Å². The molecule has 0 radical (unpaired) electrons. The van der Waals surface area contributed by atoms with Crippen molar-refractivity contribution in [3.63, 3.8) is 0 Å². The molecule has 90 valence electrons. The fraction of sp³-hybridized carbons (Fsp3) is 0.636. The Morgan fingerprint density at radius 2 is 2.06 bits per heavy atom. The topological polar surface area (TPSA) is 59.2 Å². The van der Waals surface area contributed by atoms with Crippen LogP contribution in [0.1, 0.15) is 42.1 Å². The van der Waals surface area contributed by atoms with Crippen LogP contribution < -0.4 is 5.73 Å². The normalized spacial score (nSPS) is 10.8. The Labute approximate surface area is 100 Å². The Morgan fingerprint density at radius 1 is 1.50 bits per heavy atom. The van der Waals surface area contributed by atoms with Crippen molar-refractivity contribution in [3.05, 3.63) is 10.6 Å². The van der Waals surface area contributed by atoms with Gasteiger partial charge in [-0.25, -0.2) is 4.98 Å². The lowest BCUT2D eigenvalue weighted by atomic mass is 10.1. The van der Waals surface area contributed by atoms with Gasteiger partial charge in [0.05, 0.1) is 5.69 Å². The second kappa shape index (κ2) is 5.30. The fourth-order valence-corrected chi connectivity index (χ4v) is 2.59. The summed E-state index contributed by atoms with van der Waals surface area (Å²) in [6, 6.07) is 0.287. The summed E-state index contributed by atoms with van der Waals surface area (Å²) in [5.41, 5.74) is 6.32. The molecule has 0 spiro atoms. The van der Waals surface area contributed by atoms with Crippen LogP contribution in [0.4, 0.5) is 5.13 Å². The van der Waals surface area contributed by atoms with Crippen molar-refractivity contribution in [1.29, 1.82) is 0 Å². The van der Waals surface area contributed by atoms with E-state index in [9.17, 15) is 4.79 Å². The monoisotopic (exact) mass is 241 g/mol. The van der Waals surface area contributed by atoms with Gasteiger partial charge in [0.2, 0.25) is 0 Å². The summed E-state index contributed by atoms with van der Waals surface area (Å²) in [5, 5.41) is 0.457. The van der Waals surface area contributed by atoms with Crippen LogP contribution in [-0.4, -0.2) is 28.9 Å². The maximum absolute atomic E-state index is 12.2. The molecule has 0 bridgehead atoms. The largest absolute Gasteiger partial charge is 0.375 e. The van der Waals surface area contributed by atoms with Gasteiger partial charge >= 0.3 is 0 Å². The third-order valence-corrected chi connectivity index (χ3v) is 3.79. The van der Waals surface area contributed by atoms with Crippen molar-refractivity contribution >= 4 is 22.4 Å². The molecule has 0 fully saturated rings. The standard InChI is InChI=1S/C11H19N3OS/c1-5-8(6-2)14(4)10(15)9-7(3)13-11(12)16-9/h8H,5-6H2,1-4H3,(H2,12,13). The molecule has 0 saturated heterocycles. The predicted molar refractivity (Wildman–Crippen MR) is 67.7 cm³/mol.